The van der Waals surface area contributed by atoms with E-state index in [1.807, 2.05) is 30.3 Å². The van der Waals surface area contributed by atoms with Crippen molar-refractivity contribution in [3.05, 3.63) is 65.7 Å². The van der Waals surface area contributed by atoms with Crippen molar-refractivity contribution in [1.29, 1.82) is 0 Å². The molecule has 1 N–H and O–H groups in total. The highest BCUT2D eigenvalue weighted by Gasteiger charge is 2.07. The quantitative estimate of drug-likeness (QED) is 0.412. The number of rotatable bonds is 10. The Balaban J connectivity index is 1.76. The monoisotopic (exact) mass is 331 g/mol. The fourth-order valence-electron chi connectivity index (χ4n) is 1.86. The molecule has 2 rings (SSSR count). The Labute approximate surface area is 141 Å². The summed E-state index contributed by atoms with van der Waals surface area (Å²) >= 11 is 0. The first-order chi connectivity index (χ1) is 11.8. The largest absolute Gasteiger partial charge is 0.468 e. The molecule has 0 aliphatic heterocycles. The molecule has 0 saturated carbocycles. The van der Waals surface area contributed by atoms with Crippen LogP contribution in [0.5, 0.6) is 5.75 Å². The van der Waals surface area contributed by atoms with E-state index in [4.69, 9.17) is 19.0 Å². The Bertz CT molecular complexity index is 618. The van der Waals surface area contributed by atoms with Gasteiger partial charge in [0.05, 0.1) is 19.8 Å². The molecule has 6 nitrogen and oxygen atoms in total. The lowest BCUT2D eigenvalue weighted by Crippen LogP contribution is -2.23. The van der Waals surface area contributed by atoms with Crippen LogP contribution >= 0.6 is 0 Å². The molecular formula is C18H21NO5. The molecule has 0 aliphatic carbocycles. The van der Waals surface area contributed by atoms with Crippen molar-refractivity contribution in [2.45, 2.75) is 6.61 Å². The molecule has 0 bridgehead atoms. The number of hydrogen-bond acceptors (Lipinski definition) is 5. The molecule has 1 amide bonds. The van der Waals surface area contributed by atoms with Crippen molar-refractivity contribution in [3.8, 4) is 5.75 Å². The average molecular weight is 331 g/mol. The summed E-state index contributed by atoms with van der Waals surface area (Å²) in [4.78, 5) is 17.3. The number of hydrogen-bond donors (Lipinski definition) is 1. The number of carbonyl (C=O) groups excluding carboxylic acids is 1. The zero-order chi connectivity index (χ0) is 17.0. The van der Waals surface area contributed by atoms with Gasteiger partial charge in [0, 0.05) is 12.7 Å². The lowest BCUT2D eigenvalue weighted by molar-refractivity contribution is -0.00855. The van der Waals surface area contributed by atoms with Gasteiger partial charge in [-0.25, -0.2) is 5.48 Å². The Morgan fingerprint density at radius 2 is 1.88 bits per heavy atom. The van der Waals surface area contributed by atoms with Gasteiger partial charge in [0.15, 0.2) is 6.79 Å². The number of amides is 1. The number of ether oxygens (including phenoxy) is 3. The number of hydroxylamine groups is 1. The first-order valence-corrected chi connectivity index (χ1v) is 7.55. The third kappa shape index (κ3) is 6.37. The minimum atomic E-state index is -0.336. The molecule has 0 fully saturated rings. The smallest absolute Gasteiger partial charge is 0.274 e. The zero-order valence-electron chi connectivity index (χ0n) is 13.6. The fourth-order valence-corrected chi connectivity index (χ4v) is 1.86. The summed E-state index contributed by atoms with van der Waals surface area (Å²) in [5, 5.41) is 0. The number of methoxy groups -OCH3 is 1. The summed E-state index contributed by atoms with van der Waals surface area (Å²) in [5.41, 5.74) is 3.83. The van der Waals surface area contributed by atoms with Crippen LogP contribution in [-0.2, 0) is 20.9 Å². The van der Waals surface area contributed by atoms with E-state index in [0.717, 1.165) is 5.56 Å². The van der Waals surface area contributed by atoms with Gasteiger partial charge < -0.3 is 14.2 Å². The third-order valence-electron chi connectivity index (χ3n) is 3.08. The maximum absolute atomic E-state index is 12.1. The minimum Gasteiger partial charge on any atom is -0.468 e. The first kappa shape index (κ1) is 17.9. The number of carbonyl (C=O) groups is 1. The lowest BCUT2D eigenvalue weighted by Gasteiger charge is -2.09. The average Bonchev–Trinajstić information content (AvgIpc) is 2.62. The van der Waals surface area contributed by atoms with Crippen molar-refractivity contribution in [2.75, 3.05) is 27.1 Å². The molecule has 0 spiro atoms. The first-order valence-electron chi connectivity index (χ1n) is 7.55. The van der Waals surface area contributed by atoms with Crippen molar-refractivity contribution < 1.29 is 23.8 Å². The molecular weight excluding hydrogens is 310 g/mol. The lowest BCUT2D eigenvalue weighted by atomic mass is 10.2. The van der Waals surface area contributed by atoms with Crippen molar-refractivity contribution in [2.24, 2.45) is 0 Å². The molecule has 24 heavy (non-hydrogen) atoms. The van der Waals surface area contributed by atoms with E-state index >= 15 is 0 Å². The molecule has 2 aromatic rings. The molecule has 0 aliphatic rings. The maximum Gasteiger partial charge on any atom is 0.274 e. The van der Waals surface area contributed by atoms with Crippen LogP contribution in [0.25, 0.3) is 0 Å². The fraction of sp³-hybridized carbons (Fsp3) is 0.278. The van der Waals surface area contributed by atoms with Crippen LogP contribution in [0.2, 0.25) is 0 Å². The molecule has 0 radical (unpaired) electrons. The second-order valence-electron chi connectivity index (χ2n) is 4.90. The molecule has 0 atom stereocenters. The van der Waals surface area contributed by atoms with E-state index < -0.39 is 0 Å². The number of nitrogens with one attached hydrogen (secondary N) is 1. The van der Waals surface area contributed by atoms with Gasteiger partial charge in [0.2, 0.25) is 0 Å². The summed E-state index contributed by atoms with van der Waals surface area (Å²) < 4.78 is 15.5. The highest BCUT2D eigenvalue weighted by molar-refractivity contribution is 5.93. The summed E-state index contributed by atoms with van der Waals surface area (Å²) in [6.07, 6.45) is 0. The molecule has 0 aromatic heterocycles. The predicted octanol–water partition coefficient (Wildman–Crippen LogP) is 2.55. The highest BCUT2D eigenvalue weighted by Crippen LogP contribution is 2.13. The van der Waals surface area contributed by atoms with E-state index in [0.29, 0.717) is 31.1 Å². The third-order valence-corrected chi connectivity index (χ3v) is 3.08. The topological polar surface area (TPSA) is 66.0 Å². The Kier molecular flexibility index (Phi) is 7.76. The van der Waals surface area contributed by atoms with Gasteiger partial charge in [-0.1, -0.05) is 36.4 Å². The highest BCUT2D eigenvalue weighted by atomic mass is 16.7. The molecule has 0 saturated heterocycles. The van der Waals surface area contributed by atoms with E-state index in [1.54, 1.807) is 31.4 Å². The molecule has 2 aromatic carbocycles. The van der Waals surface area contributed by atoms with Gasteiger partial charge in [0.1, 0.15) is 5.75 Å². The van der Waals surface area contributed by atoms with E-state index in [-0.39, 0.29) is 12.7 Å². The molecule has 128 valence electrons. The van der Waals surface area contributed by atoms with Crippen LogP contribution in [0.15, 0.2) is 54.6 Å². The van der Waals surface area contributed by atoms with E-state index in [2.05, 4.69) is 5.48 Å². The van der Waals surface area contributed by atoms with Crippen LogP contribution in [-0.4, -0.2) is 33.0 Å². The Morgan fingerprint density at radius 3 is 2.67 bits per heavy atom. The van der Waals surface area contributed by atoms with Gasteiger partial charge in [-0.2, -0.15) is 0 Å². The van der Waals surface area contributed by atoms with Crippen LogP contribution < -0.4 is 10.2 Å². The van der Waals surface area contributed by atoms with Crippen molar-refractivity contribution in [3.63, 3.8) is 0 Å². The molecule has 0 heterocycles. The number of benzene rings is 2. The molecule has 6 heteroatoms. The normalized spacial score (nSPS) is 10.4. The van der Waals surface area contributed by atoms with E-state index in [1.165, 1.54) is 0 Å². The Morgan fingerprint density at radius 1 is 1.04 bits per heavy atom. The van der Waals surface area contributed by atoms with Gasteiger partial charge in [-0.05, 0) is 23.8 Å². The zero-order valence-corrected chi connectivity index (χ0v) is 13.6. The summed E-state index contributed by atoms with van der Waals surface area (Å²) in [7, 11) is 1.60. The summed E-state index contributed by atoms with van der Waals surface area (Å²) in [5.74, 6) is 0.208. The van der Waals surface area contributed by atoms with Crippen molar-refractivity contribution in [1.82, 2.24) is 5.48 Å². The standard InChI is InChI=1S/C18H21NO5/c1-21-10-11-22-14-23-17-9-5-8-16(12-17)18(20)19-24-13-15-6-3-2-4-7-15/h2-9,12H,10-11,13-14H2,1H3,(H,19,20). The van der Waals surface area contributed by atoms with E-state index in [9.17, 15) is 4.79 Å². The van der Waals surface area contributed by atoms with Crippen LogP contribution in [0, 0.1) is 0 Å². The second-order valence-corrected chi connectivity index (χ2v) is 4.90. The maximum atomic E-state index is 12.1. The van der Waals surface area contributed by atoms with Crippen LogP contribution in [0.4, 0.5) is 0 Å². The predicted molar refractivity (Wildman–Crippen MR) is 88.5 cm³/mol. The van der Waals surface area contributed by atoms with Crippen molar-refractivity contribution >= 4 is 5.91 Å². The van der Waals surface area contributed by atoms with Gasteiger partial charge >= 0.3 is 0 Å². The minimum absolute atomic E-state index is 0.0962. The summed E-state index contributed by atoms with van der Waals surface area (Å²) in [6, 6.07) is 16.4. The SMILES string of the molecule is COCCOCOc1cccc(C(=O)NOCc2ccccc2)c1. The van der Waals surface area contributed by atoms with Gasteiger partial charge in [-0.15, -0.1) is 0 Å². The van der Waals surface area contributed by atoms with Crippen LogP contribution in [0.3, 0.4) is 0 Å². The van der Waals surface area contributed by atoms with Gasteiger partial charge in [-0.3, -0.25) is 9.63 Å². The second kappa shape index (κ2) is 10.4. The van der Waals surface area contributed by atoms with Crippen LogP contribution in [0.1, 0.15) is 15.9 Å². The van der Waals surface area contributed by atoms with Gasteiger partial charge in [0.25, 0.3) is 5.91 Å². The summed E-state index contributed by atoms with van der Waals surface area (Å²) in [6.45, 7) is 1.35. The Hall–Kier alpha value is -2.41. The molecule has 0 unspecified atom stereocenters.